The van der Waals surface area contributed by atoms with E-state index in [1.807, 2.05) is 42.5 Å². The van der Waals surface area contributed by atoms with Gasteiger partial charge in [0.05, 0.1) is 30.5 Å². The fourth-order valence-electron chi connectivity index (χ4n) is 3.83. The van der Waals surface area contributed by atoms with Gasteiger partial charge in [-0.05, 0) is 54.7 Å². The first-order chi connectivity index (χ1) is 14.6. The predicted molar refractivity (Wildman–Crippen MR) is 122 cm³/mol. The third-order valence-electron chi connectivity index (χ3n) is 5.22. The quantitative estimate of drug-likeness (QED) is 0.548. The van der Waals surface area contributed by atoms with Crippen LogP contribution in [0.5, 0.6) is 5.75 Å². The molecular weight excluding hydrogens is 420 g/mol. The Morgan fingerprint density at radius 3 is 2.73 bits per heavy atom. The molecule has 1 aromatic carbocycles. The molecule has 1 aliphatic heterocycles. The number of anilines is 1. The summed E-state index contributed by atoms with van der Waals surface area (Å²) in [4.78, 5) is 6.69. The molecule has 1 N–H and O–H groups in total. The fraction of sp³-hybridized carbons (Fsp3) is 0.273. The average molecular weight is 443 g/mol. The van der Waals surface area contributed by atoms with Crippen LogP contribution < -0.4 is 15.0 Å². The van der Waals surface area contributed by atoms with Crippen LogP contribution in [0.1, 0.15) is 23.5 Å². The summed E-state index contributed by atoms with van der Waals surface area (Å²) in [5.74, 6) is 0.625. The van der Waals surface area contributed by atoms with E-state index < -0.39 is 0 Å². The second-order valence-electron chi connectivity index (χ2n) is 6.93. The van der Waals surface area contributed by atoms with Crippen molar-refractivity contribution in [3.63, 3.8) is 0 Å². The minimum absolute atomic E-state index is 0.108. The number of pyridine rings is 1. The molecule has 0 spiro atoms. The van der Waals surface area contributed by atoms with E-state index in [0.29, 0.717) is 22.5 Å². The highest BCUT2D eigenvalue weighted by molar-refractivity contribution is 7.80. The van der Waals surface area contributed by atoms with Gasteiger partial charge in [-0.15, -0.1) is 0 Å². The Morgan fingerprint density at radius 1 is 1.17 bits per heavy atom. The van der Waals surface area contributed by atoms with Gasteiger partial charge in [-0.2, -0.15) is 0 Å². The van der Waals surface area contributed by atoms with Crippen molar-refractivity contribution in [1.29, 1.82) is 0 Å². The number of hydrogen-bond acceptors (Lipinski definition) is 4. The van der Waals surface area contributed by atoms with E-state index in [1.165, 1.54) is 0 Å². The highest BCUT2D eigenvalue weighted by Crippen LogP contribution is 2.43. The van der Waals surface area contributed by atoms with Gasteiger partial charge in [-0.25, -0.2) is 0 Å². The van der Waals surface area contributed by atoms with Gasteiger partial charge in [0.2, 0.25) is 0 Å². The van der Waals surface area contributed by atoms with Crippen LogP contribution in [-0.4, -0.2) is 35.5 Å². The van der Waals surface area contributed by atoms with Gasteiger partial charge in [0.15, 0.2) is 5.11 Å². The molecular formula is C22H23ClN4O2S. The normalized spacial score (nSPS) is 18.5. The molecule has 2 atom stereocenters. The Kier molecular flexibility index (Phi) is 6.22. The zero-order valence-electron chi connectivity index (χ0n) is 16.8. The molecule has 3 aromatic rings. The van der Waals surface area contributed by atoms with Gasteiger partial charge < -0.3 is 24.3 Å². The molecule has 3 heterocycles. The molecule has 1 aliphatic rings. The smallest absolute Gasteiger partial charge is 0.174 e. The number of nitrogens with one attached hydrogen (secondary N) is 1. The van der Waals surface area contributed by atoms with Gasteiger partial charge >= 0.3 is 0 Å². The summed E-state index contributed by atoms with van der Waals surface area (Å²) in [6, 6.07) is 15.6. The standard InChI is InChI=1S/C22H23ClN4O2S/c1-28-13-12-26-11-5-7-18(26)21-20(17-6-3-4-10-24-17)25-22(30)27(21)15-8-9-19(29-2)16(23)14-15/h3-11,14,20-21H,12-13H2,1-2H3,(H,25,30). The average Bonchev–Trinajstić information content (AvgIpc) is 3.36. The number of nitrogens with zero attached hydrogens (tertiary/aromatic N) is 3. The largest absolute Gasteiger partial charge is 0.495 e. The van der Waals surface area contributed by atoms with Crippen LogP contribution >= 0.6 is 23.8 Å². The molecule has 156 valence electrons. The van der Waals surface area contributed by atoms with Crippen molar-refractivity contribution in [2.75, 3.05) is 25.7 Å². The summed E-state index contributed by atoms with van der Waals surface area (Å²) in [7, 11) is 3.31. The summed E-state index contributed by atoms with van der Waals surface area (Å²) >= 11 is 12.2. The molecule has 0 aliphatic carbocycles. The number of hydrogen-bond donors (Lipinski definition) is 1. The summed E-state index contributed by atoms with van der Waals surface area (Å²) in [6.07, 6.45) is 3.86. The molecule has 6 nitrogen and oxygen atoms in total. The molecule has 1 fully saturated rings. The van der Waals surface area contributed by atoms with E-state index in [-0.39, 0.29) is 12.1 Å². The third kappa shape index (κ3) is 3.88. The maximum Gasteiger partial charge on any atom is 0.174 e. The Balaban J connectivity index is 1.81. The lowest BCUT2D eigenvalue weighted by Gasteiger charge is -2.29. The SMILES string of the molecule is COCCn1cccc1C1C(c2ccccn2)NC(=S)N1c1ccc(OC)c(Cl)c1. The van der Waals surface area contributed by atoms with Crippen molar-refractivity contribution in [1.82, 2.24) is 14.9 Å². The molecule has 2 aromatic heterocycles. The number of aromatic nitrogens is 2. The Hall–Kier alpha value is -2.61. The van der Waals surface area contributed by atoms with E-state index in [9.17, 15) is 0 Å². The lowest BCUT2D eigenvalue weighted by molar-refractivity contribution is 0.186. The van der Waals surface area contributed by atoms with E-state index in [4.69, 9.17) is 33.3 Å². The first kappa shape index (κ1) is 20.7. The van der Waals surface area contributed by atoms with Gasteiger partial charge in [-0.1, -0.05) is 17.7 Å². The lowest BCUT2D eigenvalue weighted by Crippen LogP contribution is -2.30. The molecule has 1 saturated heterocycles. The van der Waals surface area contributed by atoms with Gasteiger partial charge in [0.25, 0.3) is 0 Å². The van der Waals surface area contributed by atoms with Crippen LogP contribution in [-0.2, 0) is 11.3 Å². The first-order valence-corrected chi connectivity index (χ1v) is 10.4. The summed E-state index contributed by atoms with van der Waals surface area (Å²) in [6.45, 7) is 1.36. The minimum Gasteiger partial charge on any atom is -0.495 e. The molecule has 0 saturated carbocycles. The van der Waals surface area contributed by atoms with Crippen molar-refractivity contribution in [3.8, 4) is 5.75 Å². The summed E-state index contributed by atoms with van der Waals surface area (Å²) in [5.41, 5.74) is 2.93. The third-order valence-corrected chi connectivity index (χ3v) is 5.83. The fourth-order valence-corrected chi connectivity index (χ4v) is 4.43. The van der Waals surface area contributed by atoms with Gasteiger partial charge in [0.1, 0.15) is 11.8 Å². The van der Waals surface area contributed by atoms with E-state index in [2.05, 4.69) is 32.0 Å². The topological polar surface area (TPSA) is 51.5 Å². The molecule has 0 bridgehead atoms. The molecule has 2 unspecified atom stereocenters. The Labute approximate surface area is 186 Å². The molecule has 0 amide bonds. The van der Waals surface area contributed by atoms with E-state index in [0.717, 1.165) is 23.6 Å². The molecule has 8 heteroatoms. The number of rotatable bonds is 7. The van der Waals surface area contributed by atoms with Crippen LogP contribution in [0, 0.1) is 0 Å². The number of benzene rings is 1. The first-order valence-electron chi connectivity index (χ1n) is 9.62. The van der Waals surface area contributed by atoms with Gasteiger partial charge in [0, 0.05) is 37.4 Å². The highest BCUT2D eigenvalue weighted by atomic mass is 35.5. The van der Waals surface area contributed by atoms with Gasteiger partial charge in [-0.3, -0.25) is 4.98 Å². The monoisotopic (exact) mass is 442 g/mol. The molecule has 30 heavy (non-hydrogen) atoms. The van der Waals surface area contributed by atoms with Crippen LogP contribution in [0.4, 0.5) is 5.69 Å². The maximum absolute atomic E-state index is 6.43. The molecule has 0 radical (unpaired) electrons. The number of methoxy groups -OCH3 is 2. The lowest BCUT2D eigenvalue weighted by atomic mass is 10.0. The Morgan fingerprint density at radius 2 is 2.03 bits per heavy atom. The second kappa shape index (κ2) is 9.04. The zero-order valence-corrected chi connectivity index (χ0v) is 18.4. The zero-order chi connectivity index (χ0) is 21.1. The van der Waals surface area contributed by atoms with Crippen molar-refractivity contribution in [3.05, 3.63) is 77.3 Å². The Bertz CT molecular complexity index is 1030. The highest BCUT2D eigenvalue weighted by Gasteiger charge is 2.42. The predicted octanol–water partition coefficient (Wildman–Crippen LogP) is 4.37. The number of thiocarbonyl (C=S) groups is 1. The summed E-state index contributed by atoms with van der Waals surface area (Å²) < 4.78 is 12.8. The number of ether oxygens (including phenoxy) is 2. The van der Waals surface area contributed by atoms with Crippen LogP contribution in [0.3, 0.4) is 0 Å². The van der Waals surface area contributed by atoms with Crippen molar-refractivity contribution >= 4 is 34.6 Å². The van der Waals surface area contributed by atoms with Crippen LogP contribution in [0.25, 0.3) is 0 Å². The minimum atomic E-state index is -0.115. The van der Waals surface area contributed by atoms with Crippen LogP contribution in [0.15, 0.2) is 60.9 Å². The van der Waals surface area contributed by atoms with Crippen molar-refractivity contribution < 1.29 is 9.47 Å². The van der Waals surface area contributed by atoms with Crippen molar-refractivity contribution in [2.24, 2.45) is 0 Å². The second-order valence-corrected chi connectivity index (χ2v) is 7.73. The molecule has 4 rings (SSSR count). The van der Waals surface area contributed by atoms with Crippen molar-refractivity contribution in [2.45, 2.75) is 18.6 Å². The van der Waals surface area contributed by atoms with E-state index >= 15 is 0 Å². The number of halogens is 1. The maximum atomic E-state index is 6.43. The summed E-state index contributed by atoms with van der Waals surface area (Å²) in [5, 5.41) is 4.62. The van der Waals surface area contributed by atoms with E-state index in [1.54, 1.807) is 20.4 Å². The van der Waals surface area contributed by atoms with Crippen LogP contribution in [0.2, 0.25) is 5.02 Å².